The molecule has 0 radical (unpaired) electrons. The number of piperidine rings is 1. The molecule has 124 valence electrons. The van der Waals surface area contributed by atoms with E-state index in [-0.39, 0.29) is 0 Å². The molecular formula is C19H21N3O2. The summed E-state index contributed by atoms with van der Waals surface area (Å²) in [6.07, 6.45) is 3.89. The first kappa shape index (κ1) is 16.2. The number of nitrogens with one attached hydrogen (secondary N) is 1. The standard InChI is InChI=1S/C19H21N3O2/c23-18(16-8-2-1-3-9-16)19(24)21-13-15-7-6-12-22(14-15)17-10-4-5-11-20-17/h1-5,8-11,15H,6-7,12-14H2,(H,21,24)/t15-/m0/s1. The summed E-state index contributed by atoms with van der Waals surface area (Å²) in [5, 5.41) is 2.79. The van der Waals surface area contributed by atoms with Crippen LogP contribution in [0.2, 0.25) is 0 Å². The second-order valence-corrected chi connectivity index (χ2v) is 6.05. The third-order valence-corrected chi connectivity index (χ3v) is 4.29. The van der Waals surface area contributed by atoms with Crippen LogP contribution in [0.1, 0.15) is 23.2 Å². The Bertz CT molecular complexity index is 688. The first-order chi connectivity index (χ1) is 11.7. The van der Waals surface area contributed by atoms with Crippen LogP contribution in [0, 0.1) is 5.92 Å². The van der Waals surface area contributed by atoms with Crippen molar-refractivity contribution >= 4 is 17.5 Å². The van der Waals surface area contributed by atoms with Gasteiger partial charge in [0.15, 0.2) is 0 Å². The fraction of sp³-hybridized carbons (Fsp3) is 0.316. The largest absolute Gasteiger partial charge is 0.356 e. The number of anilines is 1. The number of Topliss-reactive ketones (excluding diaryl/α,β-unsaturated/α-hetero) is 1. The number of rotatable bonds is 5. The third-order valence-electron chi connectivity index (χ3n) is 4.29. The predicted octanol–water partition coefficient (Wildman–Crippen LogP) is 2.30. The minimum Gasteiger partial charge on any atom is -0.356 e. The van der Waals surface area contributed by atoms with Gasteiger partial charge in [0.1, 0.15) is 5.82 Å². The molecule has 1 fully saturated rings. The van der Waals surface area contributed by atoms with Gasteiger partial charge < -0.3 is 10.2 Å². The molecule has 24 heavy (non-hydrogen) atoms. The second kappa shape index (κ2) is 7.73. The molecule has 0 aliphatic carbocycles. The number of aromatic nitrogens is 1. The normalized spacial score (nSPS) is 17.3. The fourth-order valence-electron chi connectivity index (χ4n) is 3.02. The average molecular weight is 323 g/mol. The van der Waals surface area contributed by atoms with Crippen LogP contribution in [0.5, 0.6) is 0 Å². The number of carbonyl (C=O) groups is 2. The maximum absolute atomic E-state index is 12.1. The Morgan fingerprint density at radius 2 is 1.92 bits per heavy atom. The molecule has 5 heteroatoms. The van der Waals surface area contributed by atoms with E-state index in [2.05, 4.69) is 15.2 Å². The molecule has 1 atom stereocenters. The molecule has 0 unspecified atom stereocenters. The number of hydrogen-bond donors (Lipinski definition) is 1. The highest BCUT2D eigenvalue weighted by atomic mass is 16.2. The summed E-state index contributed by atoms with van der Waals surface area (Å²) in [6, 6.07) is 14.5. The summed E-state index contributed by atoms with van der Waals surface area (Å²) < 4.78 is 0. The number of nitrogens with zero attached hydrogens (tertiary/aromatic N) is 2. The molecular weight excluding hydrogens is 302 g/mol. The fourth-order valence-corrected chi connectivity index (χ4v) is 3.02. The number of amides is 1. The van der Waals surface area contributed by atoms with Gasteiger partial charge >= 0.3 is 0 Å². The van der Waals surface area contributed by atoms with Crippen molar-refractivity contribution in [2.75, 3.05) is 24.5 Å². The number of ketones is 1. The Morgan fingerprint density at radius 3 is 2.67 bits per heavy atom. The quantitative estimate of drug-likeness (QED) is 0.677. The number of benzene rings is 1. The molecule has 1 aliphatic rings. The van der Waals surface area contributed by atoms with Crippen LogP contribution < -0.4 is 10.2 Å². The van der Waals surface area contributed by atoms with Crippen LogP contribution >= 0.6 is 0 Å². The number of hydrogen-bond acceptors (Lipinski definition) is 4. The van der Waals surface area contributed by atoms with E-state index < -0.39 is 11.7 Å². The summed E-state index contributed by atoms with van der Waals surface area (Å²) in [4.78, 5) is 30.7. The Labute approximate surface area is 141 Å². The molecule has 1 saturated heterocycles. The van der Waals surface area contributed by atoms with Crippen LogP contribution in [-0.4, -0.2) is 36.3 Å². The lowest BCUT2D eigenvalue weighted by Gasteiger charge is -2.33. The van der Waals surface area contributed by atoms with Crippen molar-refractivity contribution in [3.63, 3.8) is 0 Å². The summed E-state index contributed by atoms with van der Waals surface area (Å²) in [5.41, 5.74) is 0.425. The van der Waals surface area contributed by atoms with Gasteiger partial charge in [0.05, 0.1) is 0 Å². The van der Waals surface area contributed by atoms with Crippen LogP contribution in [0.25, 0.3) is 0 Å². The number of pyridine rings is 1. The van der Waals surface area contributed by atoms with Crippen LogP contribution in [-0.2, 0) is 4.79 Å². The minimum absolute atomic E-state index is 0.327. The SMILES string of the molecule is O=C(NC[C@@H]1CCCN(c2ccccn2)C1)C(=O)c1ccccc1. The third kappa shape index (κ3) is 3.98. The van der Waals surface area contributed by atoms with Gasteiger partial charge in [-0.3, -0.25) is 9.59 Å². The molecule has 0 saturated carbocycles. The van der Waals surface area contributed by atoms with E-state index in [0.717, 1.165) is 31.7 Å². The van der Waals surface area contributed by atoms with Gasteiger partial charge in [0.25, 0.3) is 5.91 Å². The maximum atomic E-state index is 12.1. The van der Waals surface area contributed by atoms with Crippen LogP contribution in [0.3, 0.4) is 0 Å². The maximum Gasteiger partial charge on any atom is 0.292 e. The highest BCUT2D eigenvalue weighted by Gasteiger charge is 2.23. The number of carbonyl (C=O) groups excluding carboxylic acids is 2. The van der Waals surface area contributed by atoms with Gasteiger partial charge in [-0.25, -0.2) is 4.98 Å². The molecule has 5 nitrogen and oxygen atoms in total. The van der Waals surface area contributed by atoms with Gasteiger partial charge in [-0.05, 0) is 30.9 Å². The van der Waals surface area contributed by atoms with E-state index in [9.17, 15) is 9.59 Å². The first-order valence-electron chi connectivity index (χ1n) is 8.27. The molecule has 1 N–H and O–H groups in total. The topological polar surface area (TPSA) is 62.3 Å². The Kier molecular flexibility index (Phi) is 5.21. The average Bonchev–Trinajstić information content (AvgIpc) is 2.67. The van der Waals surface area contributed by atoms with Crippen molar-refractivity contribution in [1.82, 2.24) is 10.3 Å². The molecule has 2 aromatic rings. The lowest BCUT2D eigenvalue weighted by molar-refractivity contribution is -0.117. The Morgan fingerprint density at radius 1 is 1.12 bits per heavy atom. The van der Waals surface area contributed by atoms with E-state index in [0.29, 0.717) is 18.0 Å². The van der Waals surface area contributed by atoms with Gasteiger partial charge in [0, 0.05) is 31.4 Å². The van der Waals surface area contributed by atoms with Crippen molar-refractivity contribution in [2.45, 2.75) is 12.8 Å². The molecule has 1 aromatic carbocycles. The molecule has 2 heterocycles. The van der Waals surface area contributed by atoms with Crippen LogP contribution in [0.15, 0.2) is 54.7 Å². The lowest BCUT2D eigenvalue weighted by Crippen LogP contribution is -2.42. The van der Waals surface area contributed by atoms with Crippen molar-refractivity contribution in [3.8, 4) is 0 Å². The summed E-state index contributed by atoms with van der Waals surface area (Å²) in [7, 11) is 0. The van der Waals surface area contributed by atoms with E-state index in [1.54, 1.807) is 30.5 Å². The van der Waals surface area contributed by atoms with E-state index >= 15 is 0 Å². The van der Waals surface area contributed by atoms with E-state index in [4.69, 9.17) is 0 Å². The highest BCUT2D eigenvalue weighted by Crippen LogP contribution is 2.20. The van der Waals surface area contributed by atoms with Crippen molar-refractivity contribution in [3.05, 3.63) is 60.3 Å². The monoisotopic (exact) mass is 323 g/mol. The summed E-state index contributed by atoms with van der Waals surface area (Å²) in [5.74, 6) is 0.284. The summed E-state index contributed by atoms with van der Waals surface area (Å²) in [6.45, 7) is 2.34. The highest BCUT2D eigenvalue weighted by molar-refractivity contribution is 6.42. The first-order valence-corrected chi connectivity index (χ1v) is 8.27. The van der Waals surface area contributed by atoms with Gasteiger partial charge in [-0.2, -0.15) is 0 Å². The Balaban J connectivity index is 1.53. The Hall–Kier alpha value is -2.69. The minimum atomic E-state index is -0.531. The molecule has 0 spiro atoms. The molecule has 1 amide bonds. The predicted molar refractivity (Wildman–Crippen MR) is 93.0 cm³/mol. The smallest absolute Gasteiger partial charge is 0.292 e. The molecule has 3 rings (SSSR count). The zero-order valence-electron chi connectivity index (χ0n) is 13.5. The molecule has 1 aliphatic heterocycles. The lowest BCUT2D eigenvalue weighted by atomic mass is 9.97. The summed E-state index contributed by atoms with van der Waals surface area (Å²) >= 11 is 0. The van der Waals surface area contributed by atoms with Gasteiger partial charge in [-0.1, -0.05) is 36.4 Å². The van der Waals surface area contributed by atoms with Crippen LogP contribution in [0.4, 0.5) is 5.82 Å². The van der Waals surface area contributed by atoms with E-state index in [1.807, 2.05) is 24.3 Å². The van der Waals surface area contributed by atoms with E-state index in [1.165, 1.54) is 0 Å². The second-order valence-electron chi connectivity index (χ2n) is 6.05. The van der Waals surface area contributed by atoms with Crippen molar-refractivity contribution in [2.24, 2.45) is 5.92 Å². The zero-order chi connectivity index (χ0) is 16.8. The van der Waals surface area contributed by atoms with Gasteiger partial charge in [-0.15, -0.1) is 0 Å². The zero-order valence-corrected chi connectivity index (χ0v) is 13.5. The molecule has 1 aromatic heterocycles. The van der Waals surface area contributed by atoms with Crippen molar-refractivity contribution < 1.29 is 9.59 Å². The molecule has 0 bridgehead atoms. The van der Waals surface area contributed by atoms with Crippen molar-refractivity contribution in [1.29, 1.82) is 0 Å². The van der Waals surface area contributed by atoms with Gasteiger partial charge in [0.2, 0.25) is 5.78 Å².